The first-order chi connectivity index (χ1) is 7.44. The van der Waals surface area contributed by atoms with Gasteiger partial charge in [-0.15, -0.1) is 0 Å². The quantitative estimate of drug-likeness (QED) is 0.910. The monoisotopic (exact) mass is 345 g/mol. The van der Waals surface area contributed by atoms with E-state index in [1.54, 1.807) is 6.20 Å². The molecule has 1 aromatic rings. The third-order valence-electron chi connectivity index (χ3n) is 2.05. The molecule has 1 heterocycles. The van der Waals surface area contributed by atoms with Gasteiger partial charge in [-0.3, -0.25) is 4.98 Å². The molecule has 0 aliphatic rings. The fraction of sp³-hybridized carbons (Fsp3) is 0.455. The average molecular weight is 347 g/mol. The summed E-state index contributed by atoms with van der Waals surface area (Å²) in [6.07, 6.45) is 1.76. The van der Waals surface area contributed by atoms with Crippen LogP contribution < -0.4 is 5.32 Å². The third kappa shape index (κ3) is 4.20. The Morgan fingerprint density at radius 3 is 2.75 bits per heavy atom. The lowest BCUT2D eigenvalue weighted by Gasteiger charge is -2.15. The Balaban J connectivity index is 2.53. The fourth-order valence-corrected chi connectivity index (χ4v) is 2.23. The Labute approximate surface area is 113 Å². The van der Waals surface area contributed by atoms with Crippen LogP contribution in [-0.2, 0) is 6.54 Å². The molecule has 0 saturated carbocycles. The van der Waals surface area contributed by atoms with Gasteiger partial charge in [0.1, 0.15) is 0 Å². The second-order valence-electron chi connectivity index (χ2n) is 4.18. The van der Waals surface area contributed by atoms with Crippen LogP contribution in [-0.4, -0.2) is 11.5 Å². The second kappa shape index (κ2) is 5.76. The van der Waals surface area contributed by atoms with Crippen molar-refractivity contribution in [2.45, 2.75) is 20.4 Å². The van der Waals surface area contributed by atoms with E-state index < -0.39 is 0 Å². The summed E-state index contributed by atoms with van der Waals surface area (Å²) in [6, 6.07) is 4.21. The normalized spacial score (nSPS) is 11.2. The first-order valence-electron chi connectivity index (χ1n) is 4.86. The summed E-state index contributed by atoms with van der Waals surface area (Å²) >= 11 is 6.80. The van der Waals surface area contributed by atoms with Crippen LogP contribution in [0.2, 0.25) is 0 Å². The molecule has 3 nitrogen and oxygen atoms in total. The van der Waals surface area contributed by atoms with E-state index in [9.17, 15) is 0 Å². The first kappa shape index (κ1) is 13.6. The molecule has 0 saturated heterocycles. The Hall–Kier alpha value is -0.440. The minimum Gasteiger partial charge on any atom is -0.310 e. The van der Waals surface area contributed by atoms with Crippen LogP contribution in [0.25, 0.3) is 0 Å². The van der Waals surface area contributed by atoms with Crippen LogP contribution in [0.15, 0.2) is 21.2 Å². The van der Waals surface area contributed by atoms with Crippen LogP contribution in [0.4, 0.5) is 0 Å². The van der Waals surface area contributed by atoms with E-state index in [1.807, 2.05) is 19.9 Å². The Morgan fingerprint density at radius 1 is 1.50 bits per heavy atom. The number of halogens is 2. The minimum absolute atomic E-state index is 0.345. The van der Waals surface area contributed by atoms with Crippen molar-refractivity contribution in [3.8, 4) is 6.07 Å². The van der Waals surface area contributed by atoms with E-state index in [2.05, 4.69) is 48.2 Å². The second-order valence-corrected chi connectivity index (χ2v) is 5.95. The third-order valence-corrected chi connectivity index (χ3v) is 3.17. The minimum atomic E-state index is -0.345. The van der Waals surface area contributed by atoms with Gasteiger partial charge in [-0.2, -0.15) is 5.26 Å². The smallest absolute Gasteiger partial charge is 0.0697 e. The lowest BCUT2D eigenvalue weighted by atomic mass is 9.96. The van der Waals surface area contributed by atoms with E-state index >= 15 is 0 Å². The first-order valence-corrected chi connectivity index (χ1v) is 6.45. The summed E-state index contributed by atoms with van der Waals surface area (Å²) in [6.45, 7) is 5.11. The molecule has 0 aliphatic heterocycles. The highest BCUT2D eigenvalue weighted by Gasteiger charge is 2.15. The molecule has 0 spiro atoms. The molecular weight excluding hydrogens is 334 g/mol. The average Bonchev–Trinajstić information content (AvgIpc) is 2.21. The topological polar surface area (TPSA) is 48.7 Å². The van der Waals surface area contributed by atoms with Crippen molar-refractivity contribution in [3.05, 3.63) is 26.9 Å². The number of aromatic nitrogens is 1. The van der Waals surface area contributed by atoms with Crippen molar-refractivity contribution in [2.75, 3.05) is 6.54 Å². The Morgan fingerprint density at radius 2 is 2.19 bits per heavy atom. The van der Waals surface area contributed by atoms with Gasteiger partial charge in [-0.1, -0.05) is 0 Å². The maximum absolute atomic E-state index is 8.86. The van der Waals surface area contributed by atoms with Gasteiger partial charge < -0.3 is 5.32 Å². The standard InChI is InChI=1S/C11H13Br2N3/c1-11(2,6-14)7-15-5-10-9(13)3-8(12)4-16-10/h3-4,15H,5,7H2,1-2H3. The van der Waals surface area contributed by atoms with E-state index in [0.29, 0.717) is 13.1 Å². The van der Waals surface area contributed by atoms with Crippen LogP contribution in [0.5, 0.6) is 0 Å². The molecule has 1 aromatic heterocycles. The zero-order valence-corrected chi connectivity index (χ0v) is 12.4. The van der Waals surface area contributed by atoms with Gasteiger partial charge in [0.05, 0.1) is 17.2 Å². The zero-order chi connectivity index (χ0) is 12.2. The van der Waals surface area contributed by atoms with Gasteiger partial charge in [0.25, 0.3) is 0 Å². The number of hydrogen-bond acceptors (Lipinski definition) is 3. The van der Waals surface area contributed by atoms with Gasteiger partial charge in [0.2, 0.25) is 0 Å². The summed E-state index contributed by atoms with van der Waals surface area (Å²) in [5.74, 6) is 0. The van der Waals surface area contributed by atoms with Crippen molar-refractivity contribution < 1.29 is 0 Å². The molecule has 86 valence electrons. The zero-order valence-electron chi connectivity index (χ0n) is 9.22. The summed E-state index contributed by atoms with van der Waals surface area (Å²) in [5.41, 5.74) is 0.596. The number of nitrogens with zero attached hydrogens (tertiary/aromatic N) is 2. The Kier molecular flexibility index (Phi) is 4.90. The highest BCUT2D eigenvalue weighted by Crippen LogP contribution is 2.19. The van der Waals surface area contributed by atoms with Gasteiger partial charge in [-0.05, 0) is 51.8 Å². The lowest BCUT2D eigenvalue weighted by Crippen LogP contribution is -2.28. The predicted molar refractivity (Wildman–Crippen MR) is 70.7 cm³/mol. The highest BCUT2D eigenvalue weighted by molar-refractivity contribution is 9.11. The number of pyridine rings is 1. The lowest BCUT2D eigenvalue weighted by molar-refractivity contribution is 0.443. The summed E-state index contributed by atoms with van der Waals surface area (Å²) in [5, 5.41) is 12.1. The van der Waals surface area contributed by atoms with Crippen LogP contribution in [0.3, 0.4) is 0 Å². The highest BCUT2D eigenvalue weighted by atomic mass is 79.9. The van der Waals surface area contributed by atoms with Gasteiger partial charge in [-0.25, -0.2) is 0 Å². The van der Waals surface area contributed by atoms with Crippen LogP contribution in [0, 0.1) is 16.7 Å². The van der Waals surface area contributed by atoms with Crippen molar-refractivity contribution in [1.29, 1.82) is 5.26 Å². The molecule has 1 rings (SSSR count). The number of nitriles is 1. The number of nitrogens with one attached hydrogen (secondary N) is 1. The molecule has 0 bridgehead atoms. The predicted octanol–water partition coefficient (Wildman–Crippen LogP) is 3.25. The maximum atomic E-state index is 8.86. The summed E-state index contributed by atoms with van der Waals surface area (Å²) in [4.78, 5) is 4.28. The molecule has 5 heteroatoms. The van der Waals surface area contributed by atoms with Crippen molar-refractivity contribution in [3.63, 3.8) is 0 Å². The molecule has 0 unspecified atom stereocenters. The number of rotatable bonds is 4. The van der Waals surface area contributed by atoms with Gasteiger partial charge >= 0.3 is 0 Å². The summed E-state index contributed by atoms with van der Waals surface area (Å²) in [7, 11) is 0. The molecule has 0 radical (unpaired) electrons. The molecule has 16 heavy (non-hydrogen) atoms. The van der Waals surface area contributed by atoms with Crippen molar-refractivity contribution in [2.24, 2.45) is 5.41 Å². The maximum Gasteiger partial charge on any atom is 0.0697 e. The van der Waals surface area contributed by atoms with Crippen molar-refractivity contribution in [1.82, 2.24) is 10.3 Å². The molecule has 0 atom stereocenters. The molecular formula is C11H13Br2N3. The number of hydrogen-bond donors (Lipinski definition) is 1. The van der Waals surface area contributed by atoms with E-state index in [1.165, 1.54) is 0 Å². The van der Waals surface area contributed by atoms with Crippen molar-refractivity contribution >= 4 is 31.9 Å². The Bertz CT molecular complexity index is 410. The van der Waals surface area contributed by atoms with Gasteiger partial charge in [0, 0.05) is 28.2 Å². The van der Waals surface area contributed by atoms with E-state index in [-0.39, 0.29) is 5.41 Å². The van der Waals surface area contributed by atoms with Crippen LogP contribution >= 0.6 is 31.9 Å². The largest absolute Gasteiger partial charge is 0.310 e. The molecule has 0 aromatic carbocycles. The molecule has 0 aliphatic carbocycles. The van der Waals surface area contributed by atoms with E-state index in [4.69, 9.17) is 5.26 Å². The molecule has 1 N–H and O–H groups in total. The molecule has 0 amide bonds. The SMILES string of the molecule is CC(C)(C#N)CNCc1ncc(Br)cc1Br. The van der Waals surface area contributed by atoms with E-state index in [0.717, 1.165) is 14.6 Å². The molecule has 0 fully saturated rings. The summed E-state index contributed by atoms with van der Waals surface area (Å²) < 4.78 is 1.91. The fourth-order valence-electron chi connectivity index (χ4n) is 1.11. The van der Waals surface area contributed by atoms with Gasteiger partial charge in [0.15, 0.2) is 0 Å². The van der Waals surface area contributed by atoms with Crippen LogP contribution in [0.1, 0.15) is 19.5 Å².